The molecule has 56 heavy (non-hydrogen) atoms. The maximum Gasteiger partial charge on any atom is 0.0537 e. The maximum atomic E-state index is 2.59. The fourth-order valence-corrected chi connectivity index (χ4v) is 11.4. The van der Waals surface area contributed by atoms with Gasteiger partial charge in [-0.15, -0.1) is 0 Å². The zero-order valence-electron chi connectivity index (χ0n) is 33.0. The molecule has 1 unspecified atom stereocenters. The molecule has 5 aliphatic rings. The van der Waals surface area contributed by atoms with E-state index < -0.39 is 0 Å². The maximum absolute atomic E-state index is 2.59. The molecule has 2 aliphatic heterocycles. The molecule has 6 aromatic rings. The lowest BCUT2D eigenvalue weighted by molar-refractivity contribution is 0.549. The number of hydrogen-bond acceptors (Lipinski definition) is 2. The molecule has 2 nitrogen and oxygen atoms in total. The third-order valence-corrected chi connectivity index (χ3v) is 14.1. The first kappa shape index (κ1) is 33.7. The van der Waals surface area contributed by atoms with E-state index in [9.17, 15) is 0 Å². The number of allylic oxidation sites excluding steroid dienone is 4. The van der Waals surface area contributed by atoms with E-state index in [1.807, 2.05) is 0 Å². The van der Waals surface area contributed by atoms with Crippen LogP contribution in [0.4, 0.5) is 22.7 Å². The normalized spacial score (nSPS) is 20.0. The molecule has 2 heterocycles. The van der Waals surface area contributed by atoms with Crippen LogP contribution in [0.3, 0.4) is 0 Å². The number of hydrogen-bond donors (Lipinski definition) is 0. The van der Waals surface area contributed by atoms with Crippen LogP contribution >= 0.6 is 0 Å². The van der Waals surface area contributed by atoms with Gasteiger partial charge in [-0.3, -0.25) is 0 Å². The fourth-order valence-electron chi connectivity index (χ4n) is 11.4. The van der Waals surface area contributed by atoms with Gasteiger partial charge in [-0.25, -0.2) is 0 Å². The van der Waals surface area contributed by atoms with Crippen molar-refractivity contribution < 1.29 is 0 Å². The molecule has 0 saturated heterocycles. The van der Waals surface area contributed by atoms with Gasteiger partial charge in [0.2, 0.25) is 0 Å². The summed E-state index contributed by atoms with van der Waals surface area (Å²) in [5, 5.41) is 2.58. The number of nitrogens with zero attached hydrogens (tertiary/aromatic N) is 2. The molecule has 0 aromatic heterocycles. The van der Waals surface area contributed by atoms with E-state index in [2.05, 4.69) is 176 Å². The highest BCUT2D eigenvalue weighted by Gasteiger charge is 2.45. The fraction of sp³-hybridized carbons (Fsp3) is 0.259. The van der Waals surface area contributed by atoms with Crippen LogP contribution in [0.2, 0.25) is 0 Å². The van der Waals surface area contributed by atoms with Gasteiger partial charge >= 0.3 is 0 Å². The van der Waals surface area contributed by atoms with E-state index in [1.165, 1.54) is 122 Å². The van der Waals surface area contributed by atoms with Gasteiger partial charge in [-0.05, 0) is 118 Å². The summed E-state index contributed by atoms with van der Waals surface area (Å²) in [7, 11) is 0. The minimum absolute atomic E-state index is 0.0533. The summed E-state index contributed by atoms with van der Waals surface area (Å²) in [5.41, 5.74) is 19.6. The van der Waals surface area contributed by atoms with Gasteiger partial charge in [0.05, 0.1) is 5.69 Å². The second-order valence-corrected chi connectivity index (χ2v) is 17.6. The largest absolute Gasteiger partial charge is 0.341 e. The van der Waals surface area contributed by atoms with Gasteiger partial charge in [-0.2, -0.15) is 0 Å². The lowest BCUT2D eigenvalue weighted by atomic mass is 9.69. The van der Waals surface area contributed by atoms with Crippen LogP contribution in [0.25, 0.3) is 34.1 Å². The second-order valence-electron chi connectivity index (χ2n) is 17.6. The number of para-hydroxylation sites is 2. The summed E-state index contributed by atoms with van der Waals surface area (Å²) in [4.78, 5) is 5.16. The van der Waals surface area contributed by atoms with Crippen LogP contribution in [0.15, 0.2) is 145 Å². The Hall–Kier alpha value is -5.60. The van der Waals surface area contributed by atoms with Crippen molar-refractivity contribution in [3.63, 3.8) is 0 Å². The predicted molar refractivity (Wildman–Crippen MR) is 237 cm³/mol. The molecule has 1 spiro atoms. The molecule has 1 fully saturated rings. The summed E-state index contributed by atoms with van der Waals surface area (Å²) in [6.45, 7) is 8.27. The number of rotatable bonds is 4. The average molecular weight is 727 g/mol. The van der Waals surface area contributed by atoms with E-state index in [1.54, 1.807) is 5.56 Å². The Labute approximate surface area is 332 Å². The first-order valence-electron chi connectivity index (χ1n) is 21.1. The van der Waals surface area contributed by atoms with Gasteiger partial charge < -0.3 is 9.80 Å². The van der Waals surface area contributed by atoms with Crippen LogP contribution in [0.1, 0.15) is 92.7 Å². The van der Waals surface area contributed by atoms with Crippen LogP contribution in [-0.2, 0) is 17.3 Å². The Morgan fingerprint density at radius 1 is 0.643 bits per heavy atom. The third-order valence-electron chi connectivity index (χ3n) is 14.1. The molecule has 1 saturated carbocycles. The lowest BCUT2D eigenvalue weighted by Crippen LogP contribution is -2.37. The van der Waals surface area contributed by atoms with Crippen molar-refractivity contribution >= 4 is 45.7 Å². The van der Waals surface area contributed by atoms with Gasteiger partial charge in [0.15, 0.2) is 0 Å². The molecular formula is C54H50N2. The Balaban J connectivity index is 0.969. The molecule has 6 aromatic carbocycles. The highest BCUT2D eigenvalue weighted by molar-refractivity contribution is 6.03. The minimum atomic E-state index is -0.0533. The molecule has 11 rings (SSSR count). The molecule has 0 amide bonds. The molecule has 3 aliphatic carbocycles. The van der Waals surface area contributed by atoms with Crippen molar-refractivity contribution in [2.45, 2.75) is 76.5 Å². The number of fused-ring (bicyclic) bond motifs is 8. The SMILES string of the molecule is CC1CC=CC2=C1N(c1cccc3c(/C=C/c4ccc5c(c4)C4(CCCC4)c4cc(N6CCCc7ccccc76)ccc4-5)cccc13)c1ccccc1C2(C)C. The monoisotopic (exact) mass is 726 g/mol. The molecule has 1 atom stereocenters. The van der Waals surface area contributed by atoms with Crippen LogP contribution in [0, 0.1) is 5.92 Å². The summed E-state index contributed by atoms with van der Waals surface area (Å²) in [6.07, 6.45) is 18.0. The van der Waals surface area contributed by atoms with E-state index in [4.69, 9.17) is 0 Å². The Morgan fingerprint density at radius 3 is 2.25 bits per heavy atom. The summed E-state index contributed by atoms with van der Waals surface area (Å²) >= 11 is 0. The van der Waals surface area contributed by atoms with Gasteiger partial charge in [0.1, 0.15) is 0 Å². The number of benzene rings is 6. The van der Waals surface area contributed by atoms with Crippen molar-refractivity contribution in [3.8, 4) is 11.1 Å². The summed E-state index contributed by atoms with van der Waals surface area (Å²) in [6, 6.07) is 46.5. The number of aryl methyl sites for hydroxylation is 1. The zero-order chi connectivity index (χ0) is 37.6. The van der Waals surface area contributed by atoms with E-state index >= 15 is 0 Å². The Bertz CT molecular complexity index is 2660. The van der Waals surface area contributed by atoms with E-state index in [-0.39, 0.29) is 10.8 Å². The van der Waals surface area contributed by atoms with Crippen molar-refractivity contribution in [1.82, 2.24) is 0 Å². The van der Waals surface area contributed by atoms with Crippen LogP contribution in [-0.4, -0.2) is 6.54 Å². The zero-order valence-corrected chi connectivity index (χ0v) is 33.0. The average Bonchev–Trinajstić information content (AvgIpc) is 3.83. The summed E-state index contributed by atoms with van der Waals surface area (Å²) in [5.74, 6) is 0.433. The van der Waals surface area contributed by atoms with Gasteiger partial charge in [0, 0.05) is 51.4 Å². The molecular weight excluding hydrogens is 677 g/mol. The Morgan fingerprint density at radius 2 is 1.38 bits per heavy atom. The third kappa shape index (κ3) is 4.94. The first-order chi connectivity index (χ1) is 27.4. The molecule has 0 bridgehead atoms. The summed E-state index contributed by atoms with van der Waals surface area (Å²) < 4.78 is 0. The van der Waals surface area contributed by atoms with Crippen molar-refractivity contribution in [3.05, 3.63) is 178 Å². The van der Waals surface area contributed by atoms with Crippen LogP contribution in [0.5, 0.6) is 0 Å². The van der Waals surface area contributed by atoms with Crippen molar-refractivity contribution in [2.75, 3.05) is 16.3 Å². The molecule has 276 valence electrons. The standard InChI is InChI=1S/C54H50N2/c1-36-14-10-21-46-52(36)56(51-23-7-5-20-45(51)53(46,2)3)50-24-12-18-41-38(16-11-19-44(41)50)27-25-37-26-29-42-43-30-28-40(55-33-13-17-39-15-4-6-22-49(39)55)35-48(43)54(47(42)34-37)31-8-9-32-54/h4-7,10-12,15-16,18-30,34-36H,8-9,13-14,17,31-33H2,1-3H3/b27-25+. The Kier molecular flexibility index (Phi) is 7.65. The lowest BCUT2D eigenvalue weighted by Gasteiger charge is -2.46. The quantitative estimate of drug-likeness (QED) is 0.167. The van der Waals surface area contributed by atoms with Crippen molar-refractivity contribution in [2.24, 2.45) is 5.92 Å². The van der Waals surface area contributed by atoms with E-state index in [0.717, 1.165) is 13.0 Å². The van der Waals surface area contributed by atoms with Gasteiger partial charge in [0.25, 0.3) is 0 Å². The minimum Gasteiger partial charge on any atom is -0.341 e. The molecule has 0 radical (unpaired) electrons. The van der Waals surface area contributed by atoms with Crippen LogP contribution < -0.4 is 9.80 Å². The van der Waals surface area contributed by atoms with E-state index in [0.29, 0.717) is 5.92 Å². The van der Waals surface area contributed by atoms with Gasteiger partial charge in [-0.1, -0.05) is 149 Å². The number of anilines is 4. The predicted octanol–water partition coefficient (Wildman–Crippen LogP) is 14.2. The smallest absolute Gasteiger partial charge is 0.0537 e. The second kappa shape index (κ2) is 12.7. The highest BCUT2D eigenvalue weighted by Crippen LogP contribution is 2.58. The molecule has 2 heteroatoms. The first-order valence-corrected chi connectivity index (χ1v) is 21.1. The molecule has 0 N–H and O–H groups in total. The van der Waals surface area contributed by atoms with Crippen molar-refractivity contribution in [1.29, 1.82) is 0 Å². The topological polar surface area (TPSA) is 6.48 Å². The highest BCUT2D eigenvalue weighted by atomic mass is 15.2.